The number of nitrogens with one attached hydrogen (secondary N) is 1. The maximum absolute atomic E-state index is 11.8. The van der Waals surface area contributed by atoms with Crippen LogP contribution in [0.1, 0.15) is 51.0 Å². The summed E-state index contributed by atoms with van der Waals surface area (Å²) in [4.78, 5) is 12.4. The fraction of sp³-hybridized carbons (Fsp3) is 0.533. The van der Waals surface area contributed by atoms with Gasteiger partial charge in [-0.3, -0.25) is 10.1 Å². The van der Waals surface area contributed by atoms with E-state index in [1.54, 1.807) is 6.07 Å². The molecule has 0 aliphatic heterocycles. The van der Waals surface area contributed by atoms with Gasteiger partial charge in [-0.05, 0) is 12.5 Å². The maximum atomic E-state index is 11.8. The van der Waals surface area contributed by atoms with Gasteiger partial charge in [-0.2, -0.15) is 5.10 Å². The Bertz CT molecular complexity index is 629. The number of hydrogen-bond acceptors (Lipinski definition) is 5. The van der Waals surface area contributed by atoms with Crippen LogP contribution in [-0.4, -0.2) is 25.3 Å². The lowest BCUT2D eigenvalue weighted by molar-refractivity contribution is -0.385. The molecule has 23 heavy (non-hydrogen) atoms. The summed E-state index contributed by atoms with van der Waals surface area (Å²) >= 11 is 0. The lowest BCUT2D eigenvalue weighted by Crippen LogP contribution is -2.21. The number of unbranched alkanes of at least 4 members (excludes halogenated alkanes) is 5. The molecule has 0 radical (unpaired) electrons. The van der Waals surface area contributed by atoms with Gasteiger partial charge in [0.1, 0.15) is 0 Å². The minimum atomic E-state index is -3.50. The monoisotopic (exact) mass is 341 g/mol. The van der Waals surface area contributed by atoms with E-state index in [2.05, 4.69) is 16.9 Å². The van der Waals surface area contributed by atoms with Crippen molar-refractivity contribution in [2.24, 2.45) is 5.10 Å². The average Bonchev–Trinajstić information content (AvgIpc) is 2.51. The second-order valence-electron chi connectivity index (χ2n) is 5.25. The van der Waals surface area contributed by atoms with Gasteiger partial charge in [0.25, 0.3) is 5.69 Å². The number of rotatable bonds is 11. The van der Waals surface area contributed by atoms with Crippen LogP contribution in [0.15, 0.2) is 29.4 Å². The van der Waals surface area contributed by atoms with E-state index in [1.165, 1.54) is 24.6 Å². The van der Waals surface area contributed by atoms with Crippen molar-refractivity contribution in [3.8, 4) is 0 Å². The van der Waals surface area contributed by atoms with E-state index in [0.29, 0.717) is 6.42 Å². The molecule has 0 unspecified atom stereocenters. The van der Waals surface area contributed by atoms with Crippen LogP contribution in [0.25, 0.3) is 0 Å². The zero-order chi connectivity index (χ0) is 17.1. The predicted molar refractivity (Wildman–Crippen MR) is 91.0 cm³/mol. The Morgan fingerprint density at radius 2 is 1.83 bits per heavy atom. The van der Waals surface area contributed by atoms with Crippen molar-refractivity contribution < 1.29 is 13.3 Å². The number of para-hydroxylation sites is 1. The zero-order valence-electron chi connectivity index (χ0n) is 13.3. The van der Waals surface area contributed by atoms with E-state index < -0.39 is 14.9 Å². The molecule has 1 aromatic rings. The molecule has 1 aromatic carbocycles. The topological polar surface area (TPSA) is 102 Å². The first kappa shape index (κ1) is 19.1. The Balaban J connectivity index is 2.45. The first-order chi connectivity index (χ1) is 11.0. The SMILES string of the molecule is CCCCCCCCS(=O)(=O)N/N=C\c1ccccc1[N+](=O)[O-]. The first-order valence-electron chi connectivity index (χ1n) is 7.72. The fourth-order valence-electron chi connectivity index (χ4n) is 2.06. The molecular weight excluding hydrogens is 318 g/mol. The van der Waals surface area contributed by atoms with Gasteiger partial charge in [0.15, 0.2) is 0 Å². The van der Waals surface area contributed by atoms with E-state index in [-0.39, 0.29) is 17.0 Å². The molecule has 1 rings (SSSR count). The van der Waals surface area contributed by atoms with Crippen molar-refractivity contribution >= 4 is 21.9 Å². The molecule has 0 aliphatic carbocycles. The van der Waals surface area contributed by atoms with Gasteiger partial charge in [0.2, 0.25) is 10.0 Å². The van der Waals surface area contributed by atoms with Crippen LogP contribution in [0, 0.1) is 10.1 Å². The van der Waals surface area contributed by atoms with E-state index in [1.807, 2.05) is 0 Å². The first-order valence-corrected chi connectivity index (χ1v) is 9.37. The highest BCUT2D eigenvalue weighted by molar-refractivity contribution is 7.89. The van der Waals surface area contributed by atoms with Gasteiger partial charge in [-0.15, -0.1) is 0 Å². The summed E-state index contributed by atoms with van der Waals surface area (Å²) in [6.45, 7) is 2.13. The average molecular weight is 341 g/mol. The van der Waals surface area contributed by atoms with Crippen molar-refractivity contribution in [1.82, 2.24) is 4.83 Å². The highest BCUT2D eigenvalue weighted by atomic mass is 32.2. The third-order valence-corrected chi connectivity index (χ3v) is 4.51. The molecule has 0 saturated heterocycles. The fourth-order valence-corrected chi connectivity index (χ4v) is 2.95. The molecule has 0 atom stereocenters. The van der Waals surface area contributed by atoms with Crippen molar-refractivity contribution in [2.75, 3.05) is 5.75 Å². The van der Waals surface area contributed by atoms with E-state index in [4.69, 9.17) is 0 Å². The number of sulfonamides is 1. The van der Waals surface area contributed by atoms with Gasteiger partial charge >= 0.3 is 0 Å². The summed E-state index contributed by atoms with van der Waals surface area (Å²) in [6.07, 6.45) is 7.08. The van der Waals surface area contributed by atoms with E-state index >= 15 is 0 Å². The summed E-state index contributed by atoms with van der Waals surface area (Å²) in [5.41, 5.74) is 0.131. The number of hydrogen-bond donors (Lipinski definition) is 1. The second kappa shape index (κ2) is 9.94. The van der Waals surface area contributed by atoms with Crippen molar-refractivity contribution in [1.29, 1.82) is 0 Å². The third kappa shape index (κ3) is 7.73. The number of nitro benzene ring substituents is 1. The Hall–Kier alpha value is -1.96. The van der Waals surface area contributed by atoms with Crippen LogP contribution in [0.2, 0.25) is 0 Å². The summed E-state index contributed by atoms with van der Waals surface area (Å²) in [5, 5.41) is 14.5. The molecule has 0 amide bonds. The van der Waals surface area contributed by atoms with Gasteiger partial charge < -0.3 is 0 Å². The second-order valence-corrected chi connectivity index (χ2v) is 7.07. The molecule has 0 spiro atoms. The zero-order valence-corrected chi connectivity index (χ0v) is 14.1. The van der Waals surface area contributed by atoms with Crippen molar-refractivity contribution in [3.63, 3.8) is 0 Å². The molecule has 0 heterocycles. The third-order valence-electron chi connectivity index (χ3n) is 3.30. The molecule has 128 valence electrons. The number of nitrogens with zero attached hydrogens (tertiary/aromatic N) is 2. The number of hydrazone groups is 1. The predicted octanol–water partition coefficient (Wildman–Crippen LogP) is 3.21. The highest BCUT2D eigenvalue weighted by Crippen LogP contribution is 2.15. The molecule has 0 bridgehead atoms. The minimum Gasteiger partial charge on any atom is -0.258 e. The summed E-state index contributed by atoms with van der Waals surface area (Å²) < 4.78 is 23.5. The van der Waals surface area contributed by atoms with Crippen LogP contribution in [0.5, 0.6) is 0 Å². The molecular formula is C15H23N3O4S. The highest BCUT2D eigenvalue weighted by Gasteiger charge is 2.11. The van der Waals surface area contributed by atoms with Crippen LogP contribution >= 0.6 is 0 Å². The van der Waals surface area contributed by atoms with Gasteiger partial charge in [-0.25, -0.2) is 13.2 Å². The quantitative estimate of drug-likeness (QED) is 0.289. The standard InChI is InChI=1S/C15H23N3O4S/c1-2-3-4-5-6-9-12-23(21,22)17-16-13-14-10-7-8-11-15(14)18(19)20/h7-8,10-11,13,17H,2-6,9,12H2,1H3/b16-13-. The molecule has 0 aromatic heterocycles. The van der Waals surface area contributed by atoms with Crippen LogP contribution < -0.4 is 4.83 Å². The Kier molecular flexibility index (Phi) is 8.25. The molecule has 8 heteroatoms. The Labute approximate surface area is 137 Å². The van der Waals surface area contributed by atoms with Gasteiger partial charge in [-0.1, -0.05) is 51.2 Å². The normalized spacial score (nSPS) is 11.7. The molecule has 0 aliphatic rings. The van der Waals surface area contributed by atoms with E-state index in [0.717, 1.165) is 31.9 Å². The number of benzene rings is 1. The summed E-state index contributed by atoms with van der Waals surface area (Å²) in [7, 11) is -3.50. The molecule has 7 nitrogen and oxygen atoms in total. The van der Waals surface area contributed by atoms with Crippen LogP contribution in [0.4, 0.5) is 5.69 Å². The smallest absolute Gasteiger partial charge is 0.258 e. The van der Waals surface area contributed by atoms with Crippen LogP contribution in [-0.2, 0) is 10.0 Å². The van der Waals surface area contributed by atoms with Crippen LogP contribution in [0.3, 0.4) is 0 Å². The number of nitro groups is 1. The van der Waals surface area contributed by atoms with E-state index in [9.17, 15) is 18.5 Å². The lowest BCUT2D eigenvalue weighted by atomic mass is 10.1. The maximum Gasteiger partial charge on any atom is 0.278 e. The van der Waals surface area contributed by atoms with Crippen molar-refractivity contribution in [3.05, 3.63) is 39.9 Å². The Morgan fingerprint density at radius 1 is 1.17 bits per heavy atom. The van der Waals surface area contributed by atoms with Crippen molar-refractivity contribution in [2.45, 2.75) is 45.4 Å². The molecule has 0 fully saturated rings. The summed E-state index contributed by atoms with van der Waals surface area (Å²) in [5.74, 6) is 0.00729. The minimum absolute atomic E-state index is 0.00729. The van der Waals surface area contributed by atoms with Gasteiger partial charge in [0.05, 0.1) is 22.5 Å². The van der Waals surface area contributed by atoms with Gasteiger partial charge in [0, 0.05) is 6.07 Å². The lowest BCUT2D eigenvalue weighted by Gasteiger charge is -2.03. The molecule has 1 N–H and O–H groups in total. The Morgan fingerprint density at radius 3 is 2.52 bits per heavy atom. The largest absolute Gasteiger partial charge is 0.278 e. The summed E-state index contributed by atoms with van der Waals surface area (Å²) in [6, 6.07) is 6.01. The molecule has 0 saturated carbocycles.